The van der Waals surface area contributed by atoms with Crippen LogP contribution in [-0.4, -0.2) is 47.4 Å². The maximum absolute atomic E-state index is 12.5. The summed E-state index contributed by atoms with van der Waals surface area (Å²) in [5, 5.41) is 23.1. The van der Waals surface area contributed by atoms with Crippen LogP contribution in [0.1, 0.15) is 386 Å². The van der Waals surface area contributed by atoms with Crippen molar-refractivity contribution in [2.75, 3.05) is 13.2 Å². The van der Waals surface area contributed by atoms with Crippen molar-refractivity contribution in [2.24, 2.45) is 0 Å². The van der Waals surface area contributed by atoms with Gasteiger partial charge in [0.1, 0.15) is 0 Å². The fourth-order valence-electron chi connectivity index (χ4n) is 11.0. The van der Waals surface area contributed by atoms with Gasteiger partial charge in [-0.2, -0.15) is 0 Å². The summed E-state index contributed by atoms with van der Waals surface area (Å²) in [6.07, 6.45) is 86.5. The van der Waals surface area contributed by atoms with E-state index in [-0.39, 0.29) is 18.5 Å². The summed E-state index contributed by atoms with van der Waals surface area (Å²) in [4.78, 5) is 24.6. The van der Waals surface area contributed by atoms with Gasteiger partial charge in [-0.05, 0) is 83.5 Å². The first-order valence-corrected chi connectivity index (χ1v) is 35.3. The Kier molecular flexibility index (Phi) is 65.9. The van der Waals surface area contributed by atoms with E-state index in [1.165, 1.54) is 315 Å². The third-order valence-electron chi connectivity index (χ3n) is 16.4. The quantitative estimate of drug-likeness (QED) is 0.0320. The number of hydrogen-bond acceptors (Lipinski definition) is 5. The number of aliphatic hydroxyl groups is 2. The first-order valence-electron chi connectivity index (χ1n) is 35.3. The van der Waals surface area contributed by atoms with Crippen molar-refractivity contribution < 1.29 is 24.5 Å². The van der Waals surface area contributed by atoms with Crippen molar-refractivity contribution in [1.29, 1.82) is 0 Å². The monoisotopic (exact) mass is 1100 g/mol. The van der Waals surface area contributed by atoms with Crippen LogP contribution in [0.3, 0.4) is 0 Å². The van der Waals surface area contributed by atoms with Crippen LogP contribution in [0.25, 0.3) is 0 Å². The second kappa shape index (κ2) is 67.6. The molecule has 0 aromatic heterocycles. The van der Waals surface area contributed by atoms with Gasteiger partial charge < -0.3 is 20.3 Å². The molecule has 0 heterocycles. The first-order chi connectivity index (χ1) is 38.5. The van der Waals surface area contributed by atoms with Crippen molar-refractivity contribution in [1.82, 2.24) is 5.32 Å². The summed E-state index contributed by atoms with van der Waals surface area (Å²) in [6, 6.07) is -0.626. The van der Waals surface area contributed by atoms with Crippen LogP contribution >= 0.6 is 0 Å². The Labute approximate surface area is 487 Å². The van der Waals surface area contributed by atoms with Crippen molar-refractivity contribution >= 4 is 11.9 Å². The molecule has 0 saturated carbocycles. The van der Waals surface area contributed by atoms with E-state index in [2.05, 4.69) is 43.5 Å². The van der Waals surface area contributed by atoms with Gasteiger partial charge in [0, 0.05) is 12.8 Å². The standard InChI is InChI=1S/C72H137NO5/c1-3-5-7-9-11-13-15-17-19-34-38-42-46-50-54-58-62-66-72(77)78-67-63-59-55-51-47-43-39-36-33-31-29-27-25-23-21-20-22-24-26-28-30-32-35-37-41-45-49-53-57-61-65-71(76)73-69(68-74)70(75)64-60-56-52-48-44-40-18-16-14-12-10-8-6-4-2/h17,19,21,23,60,64,69-70,74-75H,3-16,18,20,22,24-59,61-63,65-68H2,1-2H3,(H,73,76)/b19-17-,23-21-,64-60+. The third kappa shape index (κ3) is 63.3. The number of hydrogen-bond donors (Lipinski definition) is 3. The predicted octanol–water partition coefficient (Wildman–Crippen LogP) is 22.7. The zero-order valence-corrected chi connectivity index (χ0v) is 52.7. The molecule has 0 aliphatic heterocycles. The molecule has 6 nitrogen and oxygen atoms in total. The van der Waals surface area contributed by atoms with Crippen LogP contribution in [0.5, 0.6) is 0 Å². The van der Waals surface area contributed by atoms with Gasteiger partial charge in [-0.25, -0.2) is 0 Å². The van der Waals surface area contributed by atoms with Gasteiger partial charge in [0.15, 0.2) is 0 Å². The molecule has 0 aliphatic rings. The van der Waals surface area contributed by atoms with E-state index in [4.69, 9.17) is 4.74 Å². The third-order valence-corrected chi connectivity index (χ3v) is 16.4. The minimum absolute atomic E-state index is 0.0138. The average molecular weight is 1100 g/mol. The second-order valence-corrected chi connectivity index (χ2v) is 24.2. The highest BCUT2D eigenvalue weighted by molar-refractivity contribution is 5.76. The Morgan fingerprint density at radius 2 is 0.603 bits per heavy atom. The fourth-order valence-corrected chi connectivity index (χ4v) is 11.0. The maximum atomic E-state index is 12.5. The highest BCUT2D eigenvalue weighted by Gasteiger charge is 2.18. The maximum Gasteiger partial charge on any atom is 0.305 e. The molecular formula is C72H137NO5. The van der Waals surface area contributed by atoms with Gasteiger partial charge in [-0.1, -0.05) is 326 Å². The Morgan fingerprint density at radius 3 is 0.910 bits per heavy atom. The van der Waals surface area contributed by atoms with E-state index in [0.717, 1.165) is 44.9 Å². The van der Waals surface area contributed by atoms with Crippen molar-refractivity contribution in [2.45, 2.75) is 398 Å². The Hall–Kier alpha value is -1.92. The van der Waals surface area contributed by atoms with Crippen LogP contribution < -0.4 is 5.32 Å². The number of esters is 1. The summed E-state index contributed by atoms with van der Waals surface area (Å²) < 4.78 is 5.50. The molecule has 0 radical (unpaired) electrons. The van der Waals surface area contributed by atoms with Gasteiger partial charge in [0.25, 0.3) is 0 Å². The smallest absolute Gasteiger partial charge is 0.305 e. The molecule has 0 fully saturated rings. The van der Waals surface area contributed by atoms with Crippen LogP contribution in [-0.2, 0) is 14.3 Å². The lowest BCUT2D eigenvalue weighted by Gasteiger charge is -2.20. The highest BCUT2D eigenvalue weighted by atomic mass is 16.5. The topological polar surface area (TPSA) is 95.9 Å². The van der Waals surface area contributed by atoms with Gasteiger partial charge in [-0.15, -0.1) is 0 Å². The lowest BCUT2D eigenvalue weighted by atomic mass is 10.0. The van der Waals surface area contributed by atoms with E-state index in [1.807, 2.05) is 6.08 Å². The summed E-state index contributed by atoms with van der Waals surface area (Å²) in [7, 11) is 0. The summed E-state index contributed by atoms with van der Waals surface area (Å²) in [6.45, 7) is 4.92. The molecule has 0 aliphatic carbocycles. The summed E-state index contributed by atoms with van der Waals surface area (Å²) in [5.74, 6) is -0.0511. The fraction of sp³-hybridized carbons (Fsp3) is 0.889. The molecule has 2 atom stereocenters. The normalized spacial score (nSPS) is 12.7. The molecule has 6 heteroatoms. The molecule has 0 spiro atoms. The SMILES string of the molecule is CCCCCCCC/C=C\CCCCCCCCCC(=O)OCCCCCCCCCCCCCC/C=C\CCCCCCCCCCCCCCCCC(=O)NC(CO)C(O)/C=C/CCCCCCCCCCCCCC. The summed E-state index contributed by atoms with van der Waals surface area (Å²) in [5.41, 5.74) is 0. The van der Waals surface area contributed by atoms with Crippen LogP contribution in [0.2, 0.25) is 0 Å². The molecular weight excluding hydrogens is 959 g/mol. The minimum atomic E-state index is -0.843. The van der Waals surface area contributed by atoms with Crippen LogP contribution in [0.4, 0.5) is 0 Å². The number of unbranched alkanes of at least 4 members (excludes halogenated alkanes) is 51. The molecule has 1 amide bonds. The Morgan fingerprint density at radius 1 is 0.346 bits per heavy atom. The molecule has 78 heavy (non-hydrogen) atoms. The number of aliphatic hydroxyl groups excluding tert-OH is 2. The average Bonchev–Trinajstić information content (AvgIpc) is 3.44. The zero-order chi connectivity index (χ0) is 56.4. The molecule has 0 aromatic carbocycles. The Balaban J connectivity index is 3.37. The molecule has 0 bridgehead atoms. The van der Waals surface area contributed by atoms with Crippen molar-refractivity contribution in [3.05, 3.63) is 36.5 Å². The number of ether oxygens (including phenoxy) is 1. The zero-order valence-electron chi connectivity index (χ0n) is 52.7. The second-order valence-electron chi connectivity index (χ2n) is 24.2. The van der Waals surface area contributed by atoms with E-state index < -0.39 is 12.1 Å². The van der Waals surface area contributed by atoms with Crippen molar-refractivity contribution in [3.63, 3.8) is 0 Å². The van der Waals surface area contributed by atoms with Gasteiger partial charge >= 0.3 is 5.97 Å². The predicted molar refractivity (Wildman–Crippen MR) is 343 cm³/mol. The highest BCUT2D eigenvalue weighted by Crippen LogP contribution is 2.18. The number of carbonyl (C=O) groups is 2. The van der Waals surface area contributed by atoms with Crippen molar-refractivity contribution in [3.8, 4) is 0 Å². The molecule has 3 N–H and O–H groups in total. The van der Waals surface area contributed by atoms with Gasteiger partial charge in [0.05, 0.1) is 25.4 Å². The minimum Gasteiger partial charge on any atom is -0.466 e. The summed E-state index contributed by atoms with van der Waals surface area (Å²) >= 11 is 0. The molecule has 460 valence electrons. The molecule has 2 unspecified atom stereocenters. The largest absolute Gasteiger partial charge is 0.466 e. The number of carbonyl (C=O) groups excluding carboxylic acids is 2. The molecule has 0 aromatic rings. The number of rotatable bonds is 66. The van der Waals surface area contributed by atoms with Crippen LogP contribution in [0, 0.1) is 0 Å². The lowest BCUT2D eigenvalue weighted by molar-refractivity contribution is -0.143. The van der Waals surface area contributed by atoms with E-state index in [0.29, 0.717) is 19.4 Å². The first kappa shape index (κ1) is 76.1. The lowest BCUT2D eigenvalue weighted by Crippen LogP contribution is -2.45. The number of nitrogens with one attached hydrogen (secondary N) is 1. The Bertz CT molecular complexity index is 1260. The van der Waals surface area contributed by atoms with Gasteiger partial charge in [0.2, 0.25) is 5.91 Å². The van der Waals surface area contributed by atoms with Crippen LogP contribution in [0.15, 0.2) is 36.5 Å². The number of allylic oxidation sites excluding steroid dienone is 5. The van der Waals surface area contributed by atoms with Gasteiger partial charge in [-0.3, -0.25) is 9.59 Å². The number of amides is 1. The van der Waals surface area contributed by atoms with E-state index >= 15 is 0 Å². The van der Waals surface area contributed by atoms with E-state index in [1.54, 1.807) is 6.08 Å². The molecule has 0 rings (SSSR count). The van der Waals surface area contributed by atoms with E-state index in [9.17, 15) is 19.8 Å². The molecule has 0 saturated heterocycles.